The Morgan fingerprint density at radius 2 is 1.62 bits per heavy atom. The number of benzene rings is 3. The van der Waals surface area contributed by atoms with Gasteiger partial charge in [0.1, 0.15) is 5.75 Å². The van der Waals surface area contributed by atoms with E-state index in [4.69, 9.17) is 4.74 Å². The first-order valence-electron chi connectivity index (χ1n) is 9.19. The van der Waals surface area contributed by atoms with Gasteiger partial charge in [0.25, 0.3) is 0 Å². The average molecular weight is 346 g/mol. The molecule has 0 unspecified atom stereocenters. The Labute approximate surface area is 153 Å². The molecule has 0 bridgehead atoms. The zero-order chi connectivity index (χ0) is 18.0. The maximum atomic E-state index is 12.7. The Morgan fingerprint density at radius 1 is 0.885 bits per heavy atom. The van der Waals surface area contributed by atoms with Crippen LogP contribution < -0.4 is 4.74 Å². The van der Waals surface area contributed by atoms with Crippen molar-refractivity contribution in [1.29, 1.82) is 0 Å². The van der Waals surface area contributed by atoms with Gasteiger partial charge in [0.15, 0.2) is 0 Å². The Morgan fingerprint density at radius 3 is 2.46 bits per heavy atom. The summed E-state index contributed by atoms with van der Waals surface area (Å²) in [5.74, 6) is 0.0917. The molecule has 0 heterocycles. The van der Waals surface area contributed by atoms with Crippen molar-refractivity contribution in [2.24, 2.45) is 0 Å². The number of hydrogen-bond acceptors (Lipinski definition) is 3. The summed E-state index contributed by atoms with van der Waals surface area (Å²) in [5.41, 5.74) is 0.574. The van der Waals surface area contributed by atoms with Crippen molar-refractivity contribution in [2.75, 3.05) is 0 Å². The van der Waals surface area contributed by atoms with E-state index in [1.54, 1.807) is 18.2 Å². The minimum Gasteiger partial charge on any atom is -0.423 e. The quantitative estimate of drug-likeness (QED) is 0.523. The van der Waals surface area contributed by atoms with Crippen LogP contribution in [0.4, 0.5) is 0 Å². The van der Waals surface area contributed by atoms with Crippen molar-refractivity contribution in [1.82, 2.24) is 0 Å². The second-order valence-electron chi connectivity index (χ2n) is 7.04. The van der Waals surface area contributed by atoms with Crippen molar-refractivity contribution in [3.63, 3.8) is 0 Å². The fourth-order valence-electron chi connectivity index (χ4n) is 3.84. The molecule has 0 aromatic heterocycles. The monoisotopic (exact) mass is 346 g/mol. The van der Waals surface area contributed by atoms with Gasteiger partial charge in [-0.05, 0) is 47.4 Å². The van der Waals surface area contributed by atoms with Gasteiger partial charge in [0.05, 0.1) is 11.2 Å². The molecule has 1 N–H and O–H groups in total. The van der Waals surface area contributed by atoms with Gasteiger partial charge in [-0.15, -0.1) is 0 Å². The van der Waals surface area contributed by atoms with Gasteiger partial charge in [-0.1, -0.05) is 67.8 Å². The zero-order valence-electron chi connectivity index (χ0n) is 14.7. The molecule has 3 heteroatoms. The zero-order valence-corrected chi connectivity index (χ0v) is 14.7. The maximum Gasteiger partial charge on any atom is 0.344 e. The number of rotatable bonds is 3. The molecule has 132 valence electrons. The molecule has 3 aromatic carbocycles. The SMILES string of the molecule is O=C(Oc1cccc(C2(O)CCCCC2)c1)c1cccc2ccccc12. The predicted molar refractivity (Wildman–Crippen MR) is 102 cm³/mol. The van der Waals surface area contributed by atoms with E-state index in [-0.39, 0.29) is 5.97 Å². The normalized spacial score (nSPS) is 16.3. The summed E-state index contributed by atoms with van der Waals surface area (Å²) in [5, 5.41) is 12.8. The van der Waals surface area contributed by atoms with Gasteiger partial charge >= 0.3 is 5.97 Å². The molecule has 0 amide bonds. The van der Waals surface area contributed by atoms with Crippen LogP contribution in [-0.4, -0.2) is 11.1 Å². The topological polar surface area (TPSA) is 46.5 Å². The van der Waals surface area contributed by atoms with Gasteiger partial charge in [-0.3, -0.25) is 0 Å². The van der Waals surface area contributed by atoms with Crippen molar-refractivity contribution in [2.45, 2.75) is 37.7 Å². The maximum absolute atomic E-state index is 12.7. The summed E-state index contributed by atoms with van der Waals surface area (Å²) >= 11 is 0. The van der Waals surface area contributed by atoms with E-state index in [1.807, 2.05) is 48.5 Å². The largest absolute Gasteiger partial charge is 0.423 e. The van der Waals surface area contributed by atoms with Crippen molar-refractivity contribution in [3.8, 4) is 5.75 Å². The minimum absolute atomic E-state index is 0.380. The van der Waals surface area contributed by atoms with E-state index < -0.39 is 5.60 Å². The second-order valence-corrected chi connectivity index (χ2v) is 7.04. The molecular weight excluding hydrogens is 324 g/mol. The Hall–Kier alpha value is -2.65. The number of carbonyl (C=O) groups excluding carboxylic acids is 1. The number of esters is 1. The summed E-state index contributed by atoms with van der Waals surface area (Å²) in [4.78, 5) is 12.7. The number of fused-ring (bicyclic) bond motifs is 1. The Kier molecular flexibility index (Phi) is 4.48. The molecule has 1 saturated carbocycles. The molecule has 1 aliphatic carbocycles. The van der Waals surface area contributed by atoms with Crippen LogP contribution in [0.5, 0.6) is 5.75 Å². The Balaban J connectivity index is 1.61. The fraction of sp³-hybridized carbons (Fsp3) is 0.261. The molecule has 0 atom stereocenters. The van der Waals surface area contributed by atoms with Crippen molar-refractivity contribution >= 4 is 16.7 Å². The van der Waals surface area contributed by atoms with E-state index >= 15 is 0 Å². The van der Waals surface area contributed by atoms with Gasteiger partial charge < -0.3 is 9.84 Å². The lowest BCUT2D eigenvalue weighted by atomic mass is 9.80. The first kappa shape index (κ1) is 16.8. The standard InChI is InChI=1S/C23H22O3/c24-22(21-13-6-9-17-8-2-3-12-20(17)21)26-19-11-7-10-18(16-19)23(25)14-4-1-5-15-23/h2-3,6-13,16,25H,1,4-5,14-15H2. The smallest absolute Gasteiger partial charge is 0.344 e. The molecule has 1 aliphatic rings. The van der Waals surface area contributed by atoms with Crippen LogP contribution in [0.1, 0.15) is 48.0 Å². The molecule has 4 rings (SSSR count). The first-order chi connectivity index (χ1) is 12.7. The van der Waals surface area contributed by atoms with Gasteiger partial charge in [0, 0.05) is 0 Å². The van der Waals surface area contributed by atoms with Crippen LogP contribution in [0.25, 0.3) is 10.8 Å². The number of aliphatic hydroxyl groups is 1. The molecule has 3 nitrogen and oxygen atoms in total. The van der Waals surface area contributed by atoms with Gasteiger partial charge in [-0.2, -0.15) is 0 Å². The summed E-state index contributed by atoms with van der Waals surface area (Å²) in [6.07, 6.45) is 4.73. The second kappa shape index (κ2) is 6.93. The van der Waals surface area contributed by atoms with Crippen LogP contribution in [0.15, 0.2) is 66.7 Å². The molecular formula is C23H22O3. The molecule has 3 aromatic rings. The van der Waals surface area contributed by atoms with E-state index in [0.29, 0.717) is 11.3 Å². The number of hydrogen-bond donors (Lipinski definition) is 1. The summed E-state index contributed by atoms with van der Waals surface area (Å²) in [7, 11) is 0. The third-order valence-electron chi connectivity index (χ3n) is 5.27. The third kappa shape index (κ3) is 3.23. The molecule has 0 spiro atoms. The van der Waals surface area contributed by atoms with Crippen LogP contribution in [-0.2, 0) is 5.60 Å². The van der Waals surface area contributed by atoms with Crippen molar-refractivity contribution < 1.29 is 14.6 Å². The highest BCUT2D eigenvalue weighted by atomic mass is 16.5. The lowest BCUT2D eigenvalue weighted by molar-refractivity contribution is -0.000849. The molecule has 0 saturated heterocycles. The number of carbonyl (C=O) groups is 1. The fourth-order valence-corrected chi connectivity index (χ4v) is 3.84. The molecule has 0 aliphatic heterocycles. The molecule has 26 heavy (non-hydrogen) atoms. The van der Waals surface area contributed by atoms with E-state index in [2.05, 4.69) is 0 Å². The highest BCUT2D eigenvalue weighted by Gasteiger charge is 2.31. The van der Waals surface area contributed by atoms with Gasteiger partial charge in [0.2, 0.25) is 0 Å². The van der Waals surface area contributed by atoms with Crippen molar-refractivity contribution in [3.05, 3.63) is 77.9 Å². The van der Waals surface area contributed by atoms with Crippen LogP contribution >= 0.6 is 0 Å². The summed E-state index contributed by atoms with van der Waals surface area (Å²) < 4.78 is 5.63. The summed E-state index contributed by atoms with van der Waals surface area (Å²) in [6.45, 7) is 0. The number of ether oxygens (including phenoxy) is 1. The first-order valence-corrected chi connectivity index (χ1v) is 9.19. The Bertz CT molecular complexity index is 934. The lowest BCUT2D eigenvalue weighted by Crippen LogP contribution is -2.28. The molecule has 1 fully saturated rings. The lowest BCUT2D eigenvalue weighted by Gasteiger charge is -2.32. The summed E-state index contributed by atoms with van der Waals surface area (Å²) in [6, 6.07) is 20.7. The predicted octanol–water partition coefficient (Wildman–Crippen LogP) is 5.21. The third-order valence-corrected chi connectivity index (χ3v) is 5.27. The van der Waals surface area contributed by atoms with Gasteiger partial charge in [-0.25, -0.2) is 4.79 Å². The van der Waals surface area contributed by atoms with Crippen LogP contribution in [0.2, 0.25) is 0 Å². The van der Waals surface area contributed by atoms with Crippen LogP contribution in [0.3, 0.4) is 0 Å². The minimum atomic E-state index is -0.805. The molecule has 0 radical (unpaired) electrons. The highest BCUT2D eigenvalue weighted by molar-refractivity contribution is 6.05. The highest BCUT2D eigenvalue weighted by Crippen LogP contribution is 2.38. The average Bonchev–Trinajstić information content (AvgIpc) is 2.68. The van der Waals surface area contributed by atoms with E-state index in [9.17, 15) is 9.90 Å². The van der Waals surface area contributed by atoms with Crippen LogP contribution in [0, 0.1) is 0 Å². The van der Waals surface area contributed by atoms with E-state index in [1.165, 1.54) is 0 Å². The van der Waals surface area contributed by atoms with E-state index in [0.717, 1.165) is 48.4 Å².